The van der Waals surface area contributed by atoms with Gasteiger partial charge in [-0.25, -0.2) is 9.59 Å². The van der Waals surface area contributed by atoms with Crippen LogP contribution >= 0.6 is 54.8 Å². The van der Waals surface area contributed by atoms with E-state index in [0.717, 1.165) is 49.4 Å². The minimum Gasteiger partial charge on any atom is -0.508 e. The van der Waals surface area contributed by atoms with Crippen LogP contribution in [0.15, 0.2) is 121 Å². The van der Waals surface area contributed by atoms with Gasteiger partial charge in [-0.1, -0.05) is 158 Å². The number of phenolic OH excluding ortho intramolecular Hbond substituents is 1. The molecule has 4 aromatic carbocycles. The summed E-state index contributed by atoms with van der Waals surface area (Å²) < 4.78 is 29.6. The zero-order valence-corrected chi connectivity index (χ0v) is 79.3. The Bertz CT molecular complexity index is 4800. The van der Waals surface area contributed by atoms with Crippen molar-refractivity contribution in [1.29, 1.82) is 0 Å². The van der Waals surface area contributed by atoms with Crippen LogP contribution in [0.2, 0.25) is 5.02 Å². The average molecular weight is 1910 g/mol. The van der Waals surface area contributed by atoms with Gasteiger partial charge in [0, 0.05) is 101 Å². The highest BCUT2D eigenvalue weighted by molar-refractivity contribution is 8.77. The molecule has 5 aliphatic rings. The first kappa shape index (κ1) is 105. The van der Waals surface area contributed by atoms with Crippen LogP contribution in [0.4, 0.5) is 10.5 Å². The third-order valence-corrected chi connectivity index (χ3v) is 29.1. The zero-order valence-electron chi connectivity index (χ0n) is 75.3. The third-order valence-electron chi connectivity index (χ3n) is 23.9. The molecule has 16 N–H and O–H groups in total. The fourth-order valence-electron chi connectivity index (χ4n) is 15.9. The third kappa shape index (κ3) is 30.0. The number of Topliss-reactive ketones (excluding diaryl/α,β-unsaturated/α-hetero) is 2. The van der Waals surface area contributed by atoms with Crippen molar-refractivity contribution >= 4 is 143 Å². The first-order valence-electron chi connectivity index (χ1n) is 43.7. The molecule has 714 valence electrons. The highest BCUT2D eigenvalue weighted by Gasteiger charge is 2.65. The minimum atomic E-state index is -1.93. The van der Waals surface area contributed by atoms with Crippen LogP contribution in [0.1, 0.15) is 140 Å². The highest BCUT2D eigenvalue weighted by atomic mass is 35.5. The Hall–Kier alpha value is -9.58. The van der Waals surface area contributed by atoms with Crippen molar-refractivity contribution in [2.75, 3.05) is 69.3 Å². The van der Waals surface area contributed by atoms with Gasteiger partial charge in [-0.05, 0) is 150 Å². The summed E-state index contributed by atoms with van der Waals surface area (Å²) in [4.78, 5) is 189. The number of hydrogen-bond donors (Lipinski definition) is 14. The van der Waals surface area contributed by atoms with E-state index >= 15 is 14.4 Å². The number of ketones is 2. The second kappa shape index (κ2) is 50.0. The average Bonchev–Trinajstić information content (AvgIpc) is 1.57. The molecule has 10 amide bonds. The Balaban J connectivity index is 0.817. The van der Waals surface area contributed by atoms with E-state index in [0.29, 0.717) is 47.6 Å². The second-order valence-corrected chi connectivity index (χ2v) is 39.5. The Kier molecular flexibility index (Phi) is 40.1. The number of halogens is 1. The molecule has 18 atom stereocenters. The highest BCUT2D eigenvalue weighted by Crippen LogP contribution is 2.50. The van der Waals surface area contributed by atoms with Crippen LogP contribution in [0.3, 0.4) is 0 Å². The summed E-state index contributed by atoms with van der Waals surface area (Å²) >= 11 is 6.87. The van der Waals surface area contributed by atoms with Gasteiger partial charge < -0.3 is 103 Å². The zero-order chi connectivity index (χ0) is 95.6. The molecule has 0 saturated carbocycles. The van der Waals surface area contributed by atoms with E-state index in [4.69, 9.17) is 46.8 Å². The number of epoxide rings is 1. The number of hydrogen-bond acceptors (Lipinski definition) is 28. The lowest BCUT2D eigenvalue weighted by Crippen LogP contribution is -2.63. The summed E-state index contributed by atoms with van der Waals surface area (Å²) in [6, 6.07) is 14.4. The first-order chi connectivity index (χ1) is 62.3. The van der Waals surface area contributed by atoms with Gasteiger partial charge in [-0.2, -0.15) is 0 Å². The molecule has 4 aromatic rings. The number of nitrogens with one attached hydrogen (secondary N) is 8. The summed E-state index contributed by atoms with van der Waals surface area (Å²) in [6.07, 6.45) is -0.950. The number of esters is 1. The molecule has 4 aliphatic heterocycles. The summed E-state index contributed by atoms with van der Waals surface area (Å²) in [5.41, 5.74) is 14.8. The normalized spacial score (nSPS) is 26.1. The van der Waals surface area contributed by atoms with Crippen molar-refractivity contribution < 1.29 is 106 Å². The molecule has 4 heterocycles. The van der Waals surface area contributed by atoms with E-state index in [-0.39, 0.29) is 111 Å². The molecular weight excluding hydrogens is 1790 g/mol. The van der Waals surface area contributed by atoms with Gasteiger partial charge in [-0.3, -0.25) is 58.1 Å². The molecule has 0 aromatic heterocycles. The van der Waals surface area contributed by atoms with E-state index in [1.807, 2.05) is 43.3 Å². The molecular formula is C92H123ClN12O22S4. The maximum absolute atomic E-state index is 15.1. The molecule has 39 heteroatoms. The predicted octanol–water partition coefficient (Wildman–Crippen LogP) is 5.46. The standard InChI is InChI=1S/C92H123ClN12O22S4/c1-51-20-18-27-74(124-10)92(122)48-73(125-90(121)103-92)52(2)82-91(6,127-82)75(47-78(113)105(8)69-43-58(40-51)44-72(123-9)79(69)93)126-89(120)53(3)104(7)77(112)35-39-129-128-38-34-76(111)96-37-19-26-70(109)80(54(4)106)101-87(118)68-50-131-130-49-67(99-84(115)64(95)42-56-21-12-11-13-22-56)71(110)46-61(41-57-28-32-62(108)33-29-57)83(114)98-66(45-60-31-30-59-23-14-15-24-63(59)60)86(117)97-65(25-16-17-36-94)85(116)102-81(55(5)107)88(119)100-68/h11-15,18,20-24,27-29,31-33,43-44,52-55,61,64-68,73-75,80-82,106-108,122H,16-17,19,25-26,30,34-42,45-50,94-95H2,1-10H3,(H,96,111)(H,97,117)(H,98,114)(H,99,115)(H,100,119)(H,101,118)(H,102,116)(H,103,121)/b27-18+,51-20+/t52-,53+,54-,55-,61-,64-,65+,66-,67+,68+,73+,74-,75+,80+,81+,82+,91+,92+/m1/s1. The van der Waals surface area contributed by atoms with Crippen LogP contribution in [0, 0.1) is 11.8 Å². The number of rotatable bonds is 33. The molecule has 3 saturated heterocycles. The smallest absolute Gasteiger partial charge is 0.409 e. The molecule has 3 fully saturated rings. The van der Waals surface area contributed by atoms with Gasteiger partial charge in [0.15, 0.2) is 17.3 Å². The quantitative estimate of drug-likeness (QED) is 0.0122. The van der Waals surface area contributed by atoms with Crippen LogP contribution in [-0.2, 0) is 102 Å². The van der Waals surface area contributed by atoms with E-state index in [1.54, 1.807) is 80.6 Å². The fraction of sp³-hybridized carbons (Fsp3) is 0.533. The number of aliphatic hydroxyl groups is 3. The number of unbranched alkanes of at least 4 members (excludes halogenated alkanes) is 1. The van der Waals surface area contributed by atoms with Gasteiger partial charge in [-0.15, -0.1) is 0 Å². The number of phenols is 1. The van der Waals surface area contributed by atoms with Gasteiger partial charge in [0.1, 0.15) is 76.7 Å². The summed E-state index contributed by atoms with van der Waals surface area (Å²) in [5.74, 6) is -10.4. The number of nitrogens with two attached hydrogens (primary N) is 2. The Morgan fingerprint density at radius 1 is 0.817 bits per heavy atom. The second-order valence-electron chi connectivity index (χ2n) is 33.8. The lowest BCUT2D eigenvalue weighted by atomic mass is 9.83. The number of amides is 10. The lowest BCUT2D eigenvalue weighted by molar-refractivity contribution is -0.162. The van der Waals surface area contributed by atoms with Crippen molar-refractivity contribution in [3.63, 3.8) is 0 Å². The molecule has 0 spiro atoms. The van der Waals surface area contributed by atoms with Crippen molar-refractivity contribution in [1.82, 2.24) is 47.4 Å². The summed E-state index contributed by atoms with van der Waals surface area (Å²) in [5, 5.41) is 66.2. The molecule has 9 rings (SSSR count). The van der Waals surface area contributed by atoms with Gasteiger partial charge in [0.05, 0.1) is 49.6 Å². The number of methoxy groups -OCH3 is 2. The van der Waals surface area contributed by atoms with Gasteiger partial charge in [0.2, 0.25) is 53.2 Å². The fourth-order valence-corrected chi connectivity index (χ4v) is 20.5. The van der Waals surface area contributed by atoms with Crippen molar-refractivity contribution in [2.45, 2.75) is 234 Å². The van der Waals surface area contributed by atoms with Crippen LogP contribution in [0.25, 0.3) is 5.57 Å². The number of ether oxygens (including phenoxy) is 5. The molecule has 1 aliphatic carbocycles. The van der Waals surface area contributed by atoms with E-state index in [2.05, 4.69) is 42.5 Å². The number of likely N-dealkylation sites (N-methyl/N-ethyl adjacent to an activating group) is 1. The Morgan fingerprint density at radius 2 is 1.50 bits per heavy atom. The van der Waals surface area contributed by atoms with Crippen LogP contribution in [-0.4, -0.2) is 263 Å². The number of nitrogens with zero attached hydrogens (tertiary/aromatic N) is 2. The van der Waals surface area contributed by atoms with Crippen molar-refractivity contribution in [3.05, 3.63) is 154 Å². The molecule has 0 radical (unpaired) electrons. The van der Waals surface area contributed by atoms with E-state index in [9.17, 15) is 68.4 Å². The van der Waals surface area contributed by atoms with Gasteiger partial charge in [0.25, 0.3) is 0 Å². The number of carbonyl (C=O) groups is 13. The van der Waals surface area contributed by atoms with Gasteiger partial charge >= 0.3 is 12.1 Å². The molecule has 4 bridgehead atoms. The predicted molar refractivity (Wildman–Crippen MR) is 501 cm³/mol. The summed E-state index contributed by atoms with van der Waals surface area (Å²) in [7, 11) is 10.4. The molecule has 34 nitrogen and oxygen atoms in total. The molecule has 0 unspecified atom stereocenters. The SMILES string of the molecule is COc1cc2cc(c1Cl)N(C)C(=O)C[C@H](OC(=O)[C@H](C)N(C)C(=O)CCSSCCC(=O)NCCCC(=O)[C@@H](NC(=O)[C@@H]1CSSC[C@H](NC(=O)[C@H](N)Cc3ccccc3)C(=O)C[C@@H](Cc3ccc(O)cc3)C(=O)N[C@H](CC3=CCc4ccccc43)C(=O)N[C@@H](CCCCN)C(=O)N[C@@H]([C@@H](C)O)C(=O)N1)[C@@H](C)O)[C@]1(C)O[C@H]1[C@H](C)[C@@H]1C[C@@](O)(NC(=O)O1)[C@H](OC)/C=C/C=C(\C)C2. The lowest BCUT2D eigenvalue weighted by Gasteiger charge is -2.42. The topological polar surface area (TPSA) is 507 Å². The number of fused-ring (bicyclic) bond motifs is 6. The molecule has 131 heavy (non-hydrogen) atoms. The largest absolute Gasteiger partial charge is 0.508 e. The first-order valence-corrected chi connectivity index (χ1v) is 49.1. The van der Waals surface area contributed by atoms with E-state index < -0.39 is 192 Å². The maximum atomic E-state index is 15.1. The number of benzene rings is 4. The maximum Gasteiger partial charge on any atom is 0.409 e. The van der Waals surface area contributed by atoms with Crippen molar-refractivity contribution in [2.24, 2.45) is 23.3 Å². The van der Waals surface area contributed by atoms with Crippen LogP contribution < -0.4 is 63.6 Å². The van der Waals surface area contributed by atoms with E-state index in [1.165, 1.54) is 92.6 Å². The number of carbonyl (C=O) groups excluding carboxylic acids is 13. The monoisotopic (exact) mass is 1910 g/mol. The number of aliphatic hydroxyl groups excluding tert-OH is 2. The Labute approximate surface area is 783 Å². The number of allylic oxidation sites excluding steroid dienone is 4. The number of anilines is 1. The number of aromatic hydroxyl groups is 1. The minimum absolute atomic E-state index is 0.00453. The summed E-state index contributed by atoms with van der Waals surface area (Å²) in [6.45, 7) is 9.45. The Morgan fingerprint density at radius 3 is 2.20 bits per heavy atom. The van der Waals surface area contributed by atoms with Crippen molar-refractivity contribution in [3.8, 4) is 11.5 Å². The van der Waals surface area contributed by atoms with Crippen LogP contribution in [0.5, 0.6) is 11.5 Å². The number of alkyl carbamates (subject to hydrolysis) is 1.